The van der Waals surface area contributed by atoms with Crippen molar-refractivity contribution in [2.75, 3.05) is 55.4 Å². The van der Waals surface area contributed by atoms with E-state index in [1.807, 2.05) is 24.3 Å². The Morgan fingerprint density at radius 1 is 1.00 bits per heavy atom. The maximum Gasteiger partial charge on any atom is 0.317 e. The lowest BCUT2D eigenvalue weighted by atomic mass is 10.2. The zero-order chi connectivity index (χ0) is 23.1. The van der Waals surface area contributed by atoms with E-state index >= 15 is 0 Å². The second-order valence-electron chi connectivity index (χ2n) is 7.25. The van der Waals surface area contributed by atoms with Crippen LogP contribution in [-0.4, -0.2) is 62.6 Å². The van der Waals surface area contributed by atoms with Crippen molar-refractivity contribution in [1.82, 2.24) is 10.2 Å². The van der Waals surface area contributed by atoms with Gasteiger partial charge < -0.3 is 30.5 Å². The van der Waals surface area contributed by atoms with E-state index in [0.717, 1.165) is 5.69 Å². The van der Waals surface area contributed by atoms with Gasteiger partial charge in [0, 0.05) is 49.5 Å². The van der Waals surface area contributed by atoms with E-state index in [2.05, 4.69) is 20.9 Å². The highest BCUT2D eigenvalue weighted by Crippen LogP contribution is 2.27. The number of piperazine rings is 1. The number of anilines is 3. The van der Waals surface area contributed by atoms with Crippen LogP contribution in [0.3, 0.4) is 0 Å². The van der Waals surface area contributed by atoms with Crippen molar-refractivity contribution in [2.24, 2.45) is 0 Å². The third-order valence-corrected chi connectivity index (χ3v) is 5.20. The van der Waals surface area contributed by atoms with Crippen molar-refractivity contribution in [3.8, 4) is 5.75 Å². The molecule has 0 aliphatic carbocycles. The molecular formula is C22H26ClN5O4. The van der Waals surface area contributed by atoms with Gasteiger partial charge in [0.25, 0.3) is 0 Å². The molecule has 1 aliphatic rings. The Kier molecular flexibility index (Phi) is 7.77. The summed E-state index contributed by atoms with van der Waals surface area (Å²) in [6.07, 6.45) is 0. The molecule has 9 nitrogen and oxygen atoms in total. The molecule has 2 aromatic carbocycles. The van der Waals surface area contributed by atoms with Crippen molar-refractivity contribution in [3.05, 3.63) is 47.5 Å². The second kappa shape index (κ2) is 10.7. The first-order valence-corrected chi connectivity index (χ1v) is 10.5. The number of nitrogens with zero attached hydrogens (tertiary/aromatic N) is 2. The molecule has 0 aromatic heterocycles. The van der Waals surface area contributed by atoms with Gasteiger partial charge in [-0.1, -0.05) is 11.6 Å². The number of urea groups is 1. The third-order valence-electron chi connectivity index (χ3n) is 4.95. The van der Waals surface area contributed by atoms with E-state index in [1.54, 1.807) is 23.1 Å². The van der Waals surface area contributed by atoms with E-state index < -0.39 is 5.91 Å². The van der Waals surface area contributed by atoms with E-state index in [-0.39, 0.29) is 18.5 Å². The minimum Gasteiger partial charge on any atom is -0.495 e. The Morgan fingerprint density at radius 2 is 1.69 bits per heavy atom. The SMILES string of the molecule is COc1ccc(NC(C)=O)cc1NC(=O)CNC(=O)N1CCN(c2ccc(Cl)cc2)CC1. The predicted octanol–water partition coefficient (Wildman–Crippen LogP) is 2.78. The lowest BCUT2D eigenvalue weighted by Gasteiger charge is -2.36. The molecule has 0 radical (unpaired) electrons. The Labute approximate surface area is 191 Å². The Morgan fingerprint density at radius 3 is 2.31 bits per heavy atom. The zero-order valence-electron chi connectivity index (χ0n) is 18.0. The number of methoxy groups -OCH3 is 1. The number of halogens is 1. The molecule has 32 heavy (non-hydrogen) atoms. The van der Waals surface area contributed by atoms with Crippen LogP contribution in [0.5, 0.6) is 5.75 Å². The van der Waals surface area contributed by atoms with Crippen LogP contribution < -0.4 is 25.6 Å². The number of ether oxygens (including phenoxy) is 1. The van der Waals surface area contributed by atoms with Gasteiger partial charge in [-0.25, -0.2) is 4.79 Å². The molecule has 0 saturated carbocycles. The number of carbonyl (C=O) groups is 3. The number of hydrogen-bond acceptors (Lipinski definition) is 5. The Hall–Kier alpha value is -3.46. The maximum atomic E-state index is 12.5. The highest BCUT2D eigenvalue weighted by molar-refractivity contribution is 6.30. The van der Waals surface area contributed by atoms with Gasteiger partial charge in [-0.15, -0.1) is 0 Å². The first-order valence-electron chi connectivity index (χ1n) is 10.1. The average Bonchev–Trinajstić information content (AvgIpc) is 2.78. The van der Waals surface area contributed by atoms with Gasteiger partial charge in [0.1, 0.15) is 5.75 Å². The number of hydrogen-bond donors (Lipinski definition) is 3. The highest BCUT2D eigenvalue weighted by atomic mass is 35.5. The number of amides is 4. The Bertz CT molecular complexity index is 975. The summed E-state index contributed by atoms with van der Waals surface area (Å²) in [6, 6.07) is 12.2. The van der Waals surface area contributed by atoms with Crippen molar-refractivity contribution >= 4 is 46.5 Å². The van der Waals surface area contributed by atoms with Gasteiger partial charge in [-0.2, -0.15) is 0 Å². The fraction of sp³-hybridized carbons (Fsp3) is 0.318. The molecule has 0 atom stereocenters. The summed E-state index contributed by atoms with van der Waals surface area (Å²) < 4.78 is 5.25. The van der Waals surface area contributed by atoms with Crippen LogP contribution >= 0.6 is 11.6 Å². The summed E-state index contributed by atoms with van der Waals surface area (Å²) in [7, 11) is 1.48. The smallest absolute Gasteiger partial charge is 0.317 e. The topological polar surface area (TPSA) is 103 Å². The van der Waals surface area contributed by atoms with Gasteiger partial charge in [-0.05, 0) is 42.5 Å². The molecule has 1 saturated heterocycles. The first kappa shape index (κ1) is 23.2. The van der Waals surface area contributed by atoms with Gasteiger partial charge in [0.2, 0.25) is 11.8 Å². The molecule has 1 heterocycles. The summed E-state index contributed by atoms with van der Waals surface area (Å²) in [4.78, 5) is 39.9. The van der Waals surface area contributed by atoms with Crippen LogP contribution in [-0.2, 0) is 9.59 Å². The predicted molar refractivity (Wildman–Crippen MR) is 125 cm³/mol. The Balaban J connectivity index is 1.48. The molecule has 4 amide bonds. The summed E-state index contributed by atoms with van der Waals surface area (Å²) in [5.41, 5.74) is 1.98. The summed E-state index contributed by atoms with van der Waals surface area (Å²) >= 11 is 5.94. The lowest BCUT2D eigenvalue weighted by molar-refractivity contribution is -0.115. The van der Waals surface area contributed by atoms with E-state index in [4.69, 9.17) is 16.3 Å². The largest absolute Gasteiger partial charge is 0.495 e. The highest BCUT2D eigenvalue weighted by Gasteiger charge is 2.21. The van der Waals surface area contributed by atoms with Crippen LogP contribution in [0.4, 0.5) is 21.9 Å². The van der Waals surface area contributed by atoms with Gasteiger partial charge in [0.05, 0.1) is 19.3 Å². The van der Waals surface area contributed by atoms with E-state index in [9.17, 15) is 14.4 Å². The molecule has 10 heteroatoms. The minimum atomic E-state index is -0.406. The second-order valence-corrected chi connectivity index (χ2v) is 7.69. The standard InChI is InChI=1S/C22H26ClN5O4/c1-15(29)25-17-5-8-20(32-2)19(13-17)26-21(30)14-24-22(31)28-11-9-27(10-12-28)18-6-3-16(23)4-7-18/h3-8,13H,9-12,14H2,1-2H3,(H,24,31)(H,25,29)(H,26,30). The van der Waals surface area contributed by atoms with Gasteiger partial charge in [0.15, 0.2) is 0 Å². The van der Waals surface area contributed by atoms with Gasteiger partial charge >= 0.3 is 6.03 Å². The molecule has 0 unspecified atom stereocenters. The van der Waals surface area contributed by atoms with Gasteiger partial charge in [-0.3, -0.25) is 9.59 Å². The maximum absolute atomic E-state index is 12.5. The molecular weight excluding hydrogens is 434 g/mol. The first-order chi connectivity index (χ1) is 15.4. The molecule has 0 bridgehead atoms. The van der Waals surface area contributed by atoms with Crippen molar-refractivity contribution in [3.63, 3.8) is 0 Å². The minimum absolute atomic E-state index is 0.191. The zero-order valence-corrected chi connectivity index (χ0v) is 18.7. The summed E-state index contributed by atoms with van der Waals surface area (Å²) in [5.74, 6) is -0.190. The number of rotatable bonds is 6. The molecule has 1 fully saturated rings. The van der Waals surface area contributed by atoms with Crippen LogP contribution in [0.25, 0.3) is 0 Å². The number of nitrogens with one attached hydrogen (secondary N) is 3. The lowest BCUT2D eigenvalue weighted by Crippen LogP contribution is -2.52. The van der Waals surface area contributed by atoms with Crippen molar-refractivity contribution in [1.29, 1.82) is 0 Å². The van der Waals surface area contributed by atoms with E-state index in [1.165, 1.54) is 14.0 Å². The molecule has 0 spiro atoms. The molecule has 170 valence electrons. The van der Waals surface area contributed by atoms with Crippen LogP contribution in [0.15, 0.2) is 42.5 Å². The molecule has 3 N–H and O–H groups in total. The van der Waals surface area contributed by atoms with Crippen LogP contribution in [0.2, 0.25) is 5.02 Å². The van der Waals surface area contributed by atoms with Crippen molar-refractivity contribution < 1.29 is 19.1 Å². The molecule has 2 aromatic rings. The fourth-order valence-electron chi connectivity index (χ4n) is 3.37. The van der Waals surface area contributed by atoms with E-state index in [0.29, 0.717) is 48.3 Å². The average molecular weight is 460 g/mol. The molecule has 1 aliphatic heterocycles. The molecule has 3 rings (SSSR count). The normalized spacial score (nSPS) is 13.3. The summed E-state index contributed by atoms with van der Waals surface area (Å²) in [6.45, 7) is 3.67. The summed E-state index contributed by atoms with van der Waals surface area (Å²) in [5, 5.41) is 8.68. The number of carbonyl (C=O) groups excluding carboxylic acids is 3. The fourth-order valence-corrected chi connectivity index (χ4v) is 3.49. The third kappa shape index (κ3) is 6.27. The van der Waals surface area contributed by atoms with Crippen LogP contribution in [0, 0.1) is 0 Å². The van der Waals surface area contributed by atoms with Crippen LogP contribution in [0.1, 0.15) is 6.92 Å². The monoisotopic (exact) mass is 459 g/mol. The number of benzene rings is 2. The van der Waals surface area contributed by atoms with Crippen molar-refractivity contribution in [2.45, 2.75) is 6.92 Å². The quantitative estimate of drug-likeness (QED) is 0.616.